The number of benzene rings is 2. The second-order valence-corrected chi connectivity index (χ2v) is 5.30. The summed E-state index contributed by atoms with van der Waals surface area (Å²) in [6.45, 7) is 0. The van der Waals surface area contributed by atoms with Crippen molar-refractivity contribution in [1.82, 2.24) is 4.98 Å². The van der Waals surface area contributed by atoms with Gasteiger partial charge in [-0.15, -0.1) is 11.3 Å². The van der Waals surface area contributed by atoms with Crippen LogP contribution >= 0.6 is 11.3 Å². The number of ether oxygens (including phenoxy) is 1. The molecule has 1 aromatic heterocycles. The van der Waals surface area contributed by atoms with Crippen molar-refractivity contribution in [3.63, 3.8) is 0 Å². The van der Waals surface area contributed by atoms with Crippen LogP contribution in [-0.2, 0) is 0 Å². The summed E-state index contributed by atoms with van der Waals surface area (Å²) < 4.78 is 19.8. The van der Waals surface area contributed by atoms with E-state index in [1.54, 1.807) is 36.7 Å². The highest BCUT2D eigenvalue weighted by molar-refractivity contribution is 7.19. The molecular weight excluding hydrogens is 273 g/mol. The van der Waals surface area contributed by atoms with Gasteiger partial charge in [-0.2, -0.15) is 0 Å². The van der Waals surface area contributed by atoms with Gasteiger partial charge in [0.15, 0.2) is 0 Å². The number of thiazole rings is 1. The highest BCUT2D eigenvalue weighted by Gasteiger charge is 2.03. The summed E-state index contributed by atoms with van der Waals surface area (Å²) in [6, 6.07) is 12.4. The number of halogens is 1. The Kier molecular flexibility index (Phi) is 3.48. The van der Waals surface area contributed by atoms with E-state index in [-0.39, 0.29) is 5.82 Å². The van der Waals surface area contributed by atoms with Gasteiger partial charge in [-0.3, -0.25) is 0 Å². The van der Waals surface area contributed by atoms with Crippen LogP contribution in [0.15, 0.2) is 42.5 Å². The van der Waals surface area contributed by atoms with Crippen molar-refractivity contribution in [3.05, 3.63) is 58.9 Å². The van der Waals surface area contributed by atoms with E-state index in [2.05, 4.69) is 4.98 Å². The molecule has 0 unspecified atom stereocenters. The summed E-state index contributed by atoms with van der Waals surface area (Å²) >= 11 is 1.55. The van der Waals surface area contributed by atoms with Crippen molar-refractivity contribution in [1.29, 1.82) is 0 Å². The Morgan fingerprint density at radius 3 is 2.80 bits per heavy atom. The fraction of sp³-hybridized carbons (Fsp3) is 0.0625. The molecule has 0 saturated carbocycles. The van der Waals surface area contributed by atoms with Gasteiger partial charge in [0, 0.05) is 5.56 Å². The first kappa shape index (κ1) is 12.8. The van der Waals surface area contributed by atoms with Gasteiger partial charge in [0.1, 0.15) is 16.6 Å². The first-order valence-corrected chi connectivity index (χ1v) is 6.95. The molecule has 0 atom stereocenters. The molecule has 0 bridgehead atoms. The average Bonchev–Trinajstić information content (AvgIpc) is 2.88. The van der Waals surface area contributed by atoms with Crippen LogP contribution in [0.25, 0.3) is 22.4 Å². The maximum atomic E-state index is 13.5. The van der Waals surface area contributed by atoms with Gasteiger partial charge < -0.3 is 4.74 Å². The topological polar surface area (TPSA) is 22.1 Å². The van der Waals surface area contributed by atoms with Crippen molar-refractivity contribution in [2.45, 2.75) is 0 Å². The van der Waals surface area contributed by atoms with E-state index in [0.717, 1.165) is 21.0 Å². The molecule has 0 saturated heterocycles. The van der Waals surface area contributed by atoms with Gasteiger partial charge in [0.25, 0.3) is 0 Å². The Morgan fingerprint density at radius 1 is 1.15 bits per heavy atom. The summed E-state index contributed by atoms with van der Waals surface area (Å²) in [5.41, 5.74) is 1.48. The minimum Gasteiger partial charge on any atom is -0.497 e. The lowest BCUT2D eigenvalue weighted by Crippen LogP contribution is -1.80. The van der Waals surface area contributed by atoms with Crippen LogP contribution in [0.5, 0.6) is 5.75 Å². The van der Waals surface area contributed by atoms with Gasteiger partial charge in [-0.05, 0) is 36.4 Å². The molecule has 0 amide bonds. The van der Waals surface area contributed by atoms with E-state index >= 15 is 0 Å². The Hall–Kier alpha value is -2.20. The normalized spacial score (nSPS) is 11.3. The molecule has 2 aromatic carbocycles. The smallest absolute Gasteiger partial charge is 0.130 e. The number of rotatable bonds is 3. The minimum atomic E-state index is -0.230. The Morgan fingerprint density at radius 2 is 2.00 bits per heavy atom. The number of hydrogen-bond donors (Lipinski definition) is 0. The third-order valence-corrected chi connectivity index (χ3v) is 3.91. The molecule has 0 radical (unpaired) electrons. The second-order valence-electron chi connectivity index (χ2n) is 4.24. The maximum Gasteiger partial charge on any atom is 0.130 e. The van der Waals surface area contributed by atoms with Crippen LogP contribution in [0, 0.1) is 5.82 Å². The van der Waals surface area contributed by atoms with Crippen molar-refractivity contribution in [3.8, 4) is 5.75 Å². The molecule has 4 heteroatoms. The van der Waals surface area contributed by atoms with Crippen LogP contribution < -0.4 is 4.74 Å². The van der Waals surface area contributed by atoms with Crippen molar-refractivity contribution in [2.24, 2.45) is 0 Å². The summed E-state index contributed by atoms with van der Waals surface area (Å²) in [7, 11) is 1.64. The molecular formula is C16H12FNOS. The van der Waals surface area contributed by atoms with Gasteiger partial charge in [0.2, 0.25) is 0 Å². The van der Waals surface area contributed by atoms with Crippen LogP contribution in [-0.4, -0.2) is 12.1 Å². The van der Waals surface area contributed by atoms with Gasteiger partial charge in [-0.1, -0.05) is 18.2 Å². The van der Waals surface area contributed by atoms with Gasteiger partial charge in [-0.25, -0.2) is 9.37 Å². The van der Waals surface area contributed by atoms with Crippen LogP contribution in [0.3, 0.4) is 0 Å². The van der Waals surface area contributed by atoms with Crippen LogP contribution in [0.2, 0.25) is 0 Å². The standard InChI is InChI=1S/C16H12FNOS/c1-19-12-7-8-14-15(10-12)20-16(18-14)9-6-11-4-2-3-5-13(11)17/h2-10H,1H3/b9-6+. The van der Waals surface area contributed by atoms with E-state index in [1.165, 1.54) is 6.07 Å². The van der Waals surface area contributed by atoms with Crippen molar-refractivity contribution >= 4 is 33.7 Å². The first-order valence-electron chi connectivity index (χ1n) is 6.13. The zero-order valence-electron chi connectivity index (χ0n) is 10.8. The SMILES string of the molecule is COc1ccc2nc(/C=C/c3ccccc3F)sc2c1. The van der Waals surface area contributed by atoms with Gasteiger partial charge in [0.05, 0.1) is 17.3 Å². The lowest BCUT2D eigenvalue weighted by atomic mass is 10.2. The summed E-state index contributed by atoms with van der Waals surface area (Å²) in [6.07, 6.45) is 3.57. The van der Waals surface area contributed by atoms with E-state index in [0.29, 0.717) is 5.56 Å². The summed E-state index contributed by atoms with van der Waals surface area (Å²) in [5, 5.41) is 0.844. The zero-order chi connectivity index (χ0) is 13.9. The number of fused-ring (bicyclic) bond motifs is 1. The molecule has 0 aliphatic heterocycles. The monoisotopic (exact) mass is 285 g/mol. The van der Waals surface area contributed by atoms with E-state index < -0.39 is 0 Å². The third kappa shape index (κ3) is 2.56. The molecule has 3 rings (SSSR count). The third-order valence-electron chi connectivity index (χ3n) is 2.92. The lowest BCUT2D eigenvalue weighted by molar-refractivity contribution is 0.415. The Labute approximate surface area is 120 Å². The number of methoxy groups -OCH3 is 1. The highest BCUT2D eigenvalue weighted by Crippen LogP contribution is 2.27. The molecule has 20 heavy (non-hydrogen) atoms. The average molecular weight is 285 g/mol. The fourth-order valence-electron chi connectivity index (χ4n) is 1.89. The van der Waals surface area contributed by atoms with Crippen molar-refractivity contribution in [2.75, 3.05) is 7.11 Å². The number of hydrogen-bond acceptors (Lipinski definition) is 3. The molecule has 2 nitrogen and oxygen atoms in total. The van der Waals surface area contributed by atoms with E-state index in [9.17, 15) is 4.39 Å². The fourth-order valence-corrected chi connectivity index (χ4v) is 2.79. The van der Waals surface area contributed by atoms with E-state index in [4.69, 9.17) is 4.74 Å². The molecule has 0 fully saturated rings. The molecule has 0 N–H and O–H groups in total. The Bertz CT molecular complexity index is 779. The minimum absolute atomic E-state index is 0.230. The highest BCUT2D eigenvalue weighted by atomic mass is 32.1. The predicted octanol–water partition coefficient (Wildman–Crippen LogP) is 4.61. The first-order chi connectivity index (χ1) is 9.76. The van der Waals surface area contributed by atoms with Gasteiger partial charge >= 0.3 is 0 Å². The molecule has 3 aromatic rings. The largest absolute Gasteiger partial charge is 0.497 e. The quantitative estimate of drug-likeness (QED) is 0.701. The molecule has 0 aliphatic rings. The maximum absolute atomic E-state index is 13.5. The summed E-state index contributed by atoms with van der Waals surface area (Å²) in [4.78, 5) is 4.49. The Balaban J connectivity index is 1.93. The lowest BCUT2D eigenvalue weighted by Gasteiger charge is -1.96. The van der Waals surface area contributed by atoms with E-state index in [1.807, 2.05) is 30.3 Å². The molecule has 100 valence electrons. The second kappa shape index (κ2) is 5.43. The summed E-state index contributed by atoms with van der Waals surface area (Å²) in [5.74, 6) is 0.581. The molecule has 1 heterocycles. The van der Waals surface area contributed by atoms with Crippen LogP contribution in [0.1, 0.15) is 10.6 Å². The zero-order valence-corrected chi connectivity index (χ0v) is 11.7. The number of aromatic nitrogens is 1. The number of nitrogens with zero attached hydrogens (tertiary/aromatic N) is 1. The molecule has 0 aliphatic carbocycles. The van der Waals surface area contributed by atoms with Crippen molar-refractivity contribution < 1.29 is 9.13 Å². The predicted molar refractivity (Wildman–Crippen MR) is 81.5 cm³/mol. The van der Waals surface area contributed by atoms with Crippen LogP contribution in [0.4, 0.5) is 4.39 Å². The molecule has 0 spiro atoms.